The summed E-state index contributed by atoms with van der Waals surface area (Å²) < 4.78 is 10.1. The zero-order chi connectivity index (χ0) is 12.7. The van der Waals surface area contributed by atoms with E-state index in [4.69, 9.17) is 15.9 Å². The van der Waals surface area contributed by atoms with E-state index in [1.54, 1.807) is 6.92 Å². The van der Waals surface area contributed by atoms with Crippen molar-refractivity contribution in [1.29, 1.82) is 0 Å². The first-order chi connectivity index (χ1) is 8.19. The Labute approximate surface area is 101 Å². The lowest BCUT2D eigenvalue weighted by Crippen LogP contribution is -2.07. The van der Waals surface area contributed by atoms with Crippen LogP contribution in [0.2, 0.25) is 0 Å². The van der Waals surface area contributed by atoms with Crippen LogP contribution in [0.4, 0.5) is 0 Å². The summed E-state index contributed by atoms with van der Waals surface area (Å²) in [5, 5.41) is 0. The average Bonchev–Trinajstić information content (AvgIpc) is 2.65. The highest BCUT2D eigenvalue weighted by molar-refractivity contribution is 5.98. The van der Waals surface area contributed by atoms with Crippen molar-refractivity contribution in [2.45, 2.75) is 32.6 Å². The van der Waals surface area contributed by atoms with Gasteiger partial charge in [-0.2, -0.15) is 0 Å². The van der Waals surface area contributed by atoms with Crippen LogP contribution in [0.3, 0.4) is 0 Å². The molecule has 0 bridgehead atoms. The van der Waals surface area contributed by atoms with E-state index in [9.17, 15) is 9.59 Å². The number of ketones is 1. The van der Waals surface area contributed by atoms with E-state index < -0.39 is 0 Å². The van der Waals surface area contributed by atoms with Gasteiger partial charge in [-0.15, -0.1) is 6.42 Å². The number of terminal acetylenes is 1. The van der Waals surface area contributed by atoms with Gasteiger partial charge in [-0.05, 0) is 13.3 Å². The van der Waals surface area contributed by atoms with Crippen molar-refractivity contribution in [3.05, 3.63) is 11.3 Å². The number of carbonyl (C=O) groups is 2. The fourth-order valence-corrected chi connectivity index (χ4v) is 1.71. The maximum absolute atomic E-state index is 11.6. The zero-order valence-corrected chi connectivity index (χ0v) is 9.95. The third-order valence-electron chi connectivity index (χ3n) is 2.47. The van der Waals surface area contributed by atoms with Gasteiger partial charge in [0, 0.05) is 24.8 Å². The SMILES string of the molecule is C#CCOC1=C(CCC(=O)OCC)C(=O)CC1. The monoisotopic (exact) mass is 236 g/mol. The van der Waals surface area contributed by atoms with Crippen LogP contribution < -0.4 is 0 Å². The second-order valence-corrected chi connectivity index (χ2v) is 3.62. The van der Waals surface area contributed by atoms with Gasteiger partial charge < -0.3 is 9.47 Å². The predicted octanol–water partition coefficient (Wildman–Crippen LogP) is 1.60. The molecule has 1 aliphatic rings. The molecule has 17 heavy (non-hydrogen) atoms. The second kappa shape index (κ2) is 6.74. The molecule has 0 unspecified atom stereocenters. The first-order valence-electron chi connectivity index (χ1n) is 5.66. The molecule has 0 fully saturated rings. The molecule has 0 atom stereocenters. The smallest absolute Gasteiger partial charge is 0.306 e. The topological polar surface area (TPSA) is 52.6 Å². The number of ether oxygens (including phenoxy) is 2. The normalized spacial score (nSPS) is 14.7. The lowest BCUT2D eigenvalue weighted by atomic mass is 10.1. The fraction of sp³-hybridized carbons (Fsp3) is 0.538. The summed E-state index contributed by atoms with van der Waals surface area (Å²) in [6.45, 7) is 2.26. The van der Waals surface area contributed by atoms with Gasteiger partial charge in [0.2, 0.25) is 0 Å². The number of allylic oxidation sites excluding steroid dienone is 2. The van der Waals surface area contributed by atoms with Crippen molar-refractivity contribution in [1.82, 2.24) is 0 Å². The first-order valence-corrected chi connectivity index (χ1v) is 5.66. The van der Waals surface area contributed by atoms with Crippen LogP contribution >= 0.6 is 0 Å². The molecule has 1 aliphatic carbocycles. The molecule has 0 aromatic heterocycles. The van der Waals surface area contributed by atoms with Gasteiger partial charge in [0.1, 0.15) is 12.4 Å². The number of hydrogen-bond acceptors (Lipinski definition) is 4. The molecule has 0 aliphatic heterocycles. The first kappa shape index (κ1) is 13.3. The highest BCUT2D eigenvalue weighted by Crippen LogP contribution is 2.27. The second-order valence-electron chi connectivity index (χ2n) is 3.62. The van der Waals surface area contributed by atoms with Crippen molar-refractivity contribution in [3.8, 4) is 12.3 Å². The van der Waals surface area contributed by atoms with Gasteiger partial charge in [0.05, 0.1) is 6.61 Å². The third-order valence-corrected chi connectivity index (χ3v) is 2.47. The van der Waals surface area contributed by atoms with E-state index in [0.717, 1.165) is 0 Å². The van der Waals surface area contributed by atoms with E-state index >= 15 is 0 Å². The van der Waals surface area contributed by atoms with E-state index in [1.165, 1.54) is 0 Å². The minimum absolute atomic E-state index is 0.0429. The Bertz CT molecular complexity index is 373. The summed E-state index contributed by atoms with van der Waals surface area (Å²) in [6, 6.07) is 0. The molecule has 4 heteroatoms. The summed E-state index contributed by atoms with van der Waals surface area (Å²) in [6.07, 6.45) is 6.70. The molecule has 0 spiro atoms. The lowest BCUT2D eigenvalue weighted by molar-refractivity contribution is -0.143. The summed E-state index contributed by atoms with van der Waals surface area (Å²) in [5.74, 6) is 2.74. The van der Waals surface area contributed by atoms with Gasteiger partial charge in [0.25, 0.3) is 0 Å². The third kappa shape index (κ3) is 3.95. The molecule has 0 N–H and O–H groups in total. The molecular formula is C13H16O4. The van der Waals surface area contributed by atoms with Gasteiger partial charge in [-0.25, -0.2) is 0 Å². The lowest BCUT2D eigenvalue weighted by Gasteiger charge is -2.06. The Balaban J connectivity index is 2.55. The van der Waals surface area contributed by atoms with E-state index in [2.05, 4.69) is 5.92 Å². The summed E-state index contributed by atoms with van der Waals surface area (Å²) >= 11 is 0. The predicted molar refractivity (Wildman–Crippen MR) is 61.9 cm³/mol. The fourth-order valence-electron chi connectivity index (χ4n) is 1.71. The number of hydrogen-bond donors (Lipinski definition) is 0. The molecule has 0 radical (unpaired) electrons. The van der Waals surface area contributed by atoms with Gasteiger partial charge in [-0.1, -0.05) is 5.92 Å². The van der Waals surface area contributed by atoms with Crippen LogP contribution in [0, 0.1) is 12.3 Å². The molecule has 1 rings (SSSR count). The van der Waals surface area contributed by atoms with Crippen LogP contribution in [-0.2, 0) is 19.1 Å². The number of esters is 1. The van der Waals surface area contributed by atoms with Crippen molar-refractivity contribution in [2.24, 2.45) is 0 Å². The Hall–Kier alpha value is -1.76. The minimum atomic E-state index is -0.295. The summed E-state index contributed by atoms with van der Waals surface area (Å²) in [4.78, 5) is 22.8. The Kier molecular flexibility index (Phi) is 5.28. The average molecular weight is 236 g/mol. The van der Waals surface area contributed by atoms with Crippen molar-refractivity contribution < 1.29 is 19.1 Å². The maximum Gasteiger partial charge on any atom is 0.306 e. The van der Waals surface area contributed by atoms with Crippen LogP contribution in [0.5, 0.6) is 0 Å². The van der Waals surface area contributed by atoms with Crippen molar-refractivity contribution >= 4 is 11.8 Å². The standard InChI is InChI=1S/C13H16O4/c1-3-9-17-12-7-6-11(14)10(12)5-8-13(15)16-4-2/h1H,4-9H2,2H3. The van der Waals surface area contributed by atoms with E-state index in [-0.39, 0.29) is 24.8 Å². The molecule has 92 valence electrons. The molecule has 0 saturated heterocycles. The highest BCUT2D eigenvalue weighted by atomic mass is 16.5. The van der Waals surface area contributed by atoms with Crippen LogP contribution in [-0.4, -0.2) is 25.0 Å². The Morgan fingerprint density at radius 1 is 1.47 bits per heavy atom. The Morgan fingerprint density at radius 3 is 2.88 bits per heavy atom. The largest absolute Gasteiger partial charge is 0.485 e. The molecular weight excluding hydrogens is 220 g/mol. The van der Waals surface area contributed by atoms with Crippen LogP contribution in [0.1, 0.15) is 32.6 Å². The molecule has 0 amide bonds. The highest BCUT2D eigenvalue weighted by Gasteiger charge is 2.24. The Morgan fingerprint density at radius 2 is 2.24 bits per heavy atom. The number of rotatable bonds is 6. The molecule has 0 saturated carbocycles. The maximum atomic E-state index is 11.6. The summed E-state index contributed by atoms with van der Waals surface area (Å²) in [5.41, 5.74) is 0.591. The van der Waals surface area contributed by atoms with Gasteiger partial charge in [-0.3, -0.25) is 9.59 Å². The van der Waals surface area contributed by atoms with Crippen molar-refractivity contribution in [2.75, 3.05) is 13.2 Å². The molecule has 0 aromatic rings. The van der Waals surface area contributed by atoms with Crippen LogP contribution in [0.15, 0.2) is 11.3 Å². The molecule has 4 nitrogen and oxygen atoms in total. The van der Waals surface area contributed by atoms with Crippen LogP contribution in [0.25, 0.3) is 0 Å². The number of carbonyl (C=O) groups excluding carboxylic acids is 2. The quantitative estimate of drug-likeness (QED) is 0.519. The van der Waals surface area contributed by atoms with E-state index in [0.29, 0.717) is 37.2 Å². The van der Waals surface area contributed by atoms with Crippen molar-refractivity contribution in [3.63, 3.8) is 0 Å². The van der Waals surface area contributed by atoms with Gasteiger partial charge in [0.15, 0.2) is 5.78 Å². The van der Waals surface area contributed by atoms with Gasteiger partial charge >= 0.3 is 5.97 Å². The number of Topliss-reactive ketones (excluding diaryl/α,β-unsaturated/α-hetero) is 1. The molecule has 0 heterocycles. The van der Waals surface area contributed by atoms with E-state index in [1.807, 2.05) is 0 Å². The zero-order valence-electron chi connectivity index (χ0n) is 9.95. The molecule has 0 aromatic carbocycles. The minimum Gasteiger partial charge on any atom is -0.485 e. The summed E-state index contributed by atoms with van der Waals surface area (Å²) in [7, 11) is 0.